The number of aryl methyl sites for hydroxylation is 1. The van der Waals surface area contributed by atoms with E-state index in [2.05, 4.69) is 10.3 Å². The van der Waals surface area contributed by atoms with Crippen molar-refractivity contribution < 1.29 is 19.1 Å². The molecular formula is C14H12N2O4. The van der Waals surface area contributed by atoms with E-state index >= 15 is 0 Å². The molecule has 6 nitrogen and oxygen atoms in total. The molecule has 2 heterocycles. The highest BCUT2D eigenvalue weighted by molar-refractivity contribution is 6.01. The van der Waals surface area contributed by atoms with Crippen LogP contribution in [0, 0.1) is 6.92 Å². The smallest absolute Gasteiger partial charge is 0.337 e. The number of carboxylic acids is 1. The van der Waals surface area contributed by atoms with Crippen LogP contribution in [0.5, 0.6) is 0 Å². The number of anilines is 1. The van der Waals surface area contributed by atoms with Crippen LogP contribution in [0.4, 0.5) is 5.82 Å². The van der Waals surface area contributed by atoms with Gasteiger partial charge in [0, 0.05) is 12.3 Å². The third kappa shape index (κ3) is 3.55. The van der Waals surface area contributed by atoms with Crippen molar-refractivity contribution in [2.75, 3.05) is 5.32 Å². The Morgan fingerprint density at radius 2 is 2.10 bits per heavy atom. The number of amides is 1. The highest BCUT2D eigenvalue weighted by atomic mass is 16.4. The molecular weight excluding hydrogens is 260 g/mol. The highest BCUT2D eigenvalue weighted by Crippen LogP contribution is 2.09. The first-order valence-electron chi connectivity index (χ1n) is 5.79. The molecule has 0 saturated carbocycles. The number of pyridine rings is 1. The van der Waals surface area contributed by atoms with Crippen LogP contribution in [0.3, 0.4) is 0 Å². The lowest BCUT2D eigenvalue weighted by molar-refractivity contribution is -0.111. The SMILES string of the molecule is Cc1ccc(C=CC(=O)Nc2ccc(C(=O)O)cn2)o1. The van der Waals surface area contributed by atoms with Crippen molar-refractivity contribution >= 4 is 23.8 Å². The summed E-state index contributed by atoms with van der Waals surface area (Å²) in [5, 5.41) is 11.2. The lowest BCUT2D eigenvalue weighted by Gasteiger charge is -2.00. The van der Waals surface area contributed by atoms with Gasteiger partial charge in [0.15, 0.2) is 0 Å². The summed E-state index contributed by atoms with van der Waals surface area (Å²) >= 11 is 0. The fourth-order valence-corrected chi connectivity index (χ4v) is 1.46. The van der Waals surface area contributed by atoms with Gasteiger partial charge in [-0.05, 0) is 37.3 Å². The fraction of sp³-hybridized carbons (Fsp3) is 0.0714. The van der Waals surface area contributed by atoms with Gasteiger partial charge >= 0.3 is 5.97 Å². The number of hydrogen-bond acceptors (Lipinski definition) is 4. The van der Waals surface area contributed by atoms with Gasteiger partial charge in [0.2, 0.25) is 5.91 Å². The maximum absolute atomic E-state index is 11.6. The Hall–Kier alpha value is -2.89. The minimum atomic E-state index is -1.07. The number of aromatic nitrogens is 1. The molecule has 0 unspecified atom stereocenters. The third-order valence-corrected chi connectivity index (χ3v) is 2.42. The van der Waals surface area contributed by atoms with E-state index in [0.717, 1.165) is 5.76 Å². The van der Waals surface area contributed by atoms with Gasteiger partial charge < -0.3 is 14.8 Å². The van der Waals surface area contributed by atoms with E-state index in [9.17, 15) is 9.59 Å². The molecule has 0 saturated heterocycles. The normalized spacial score (nSPS) is 10.7. The van der Waals surface area contributed by atoms with E-state index in [-0.39, 0.29) is 17.3 Å². The minimum absolute atomic E-state index is 0.0598. The molecule has 1 amide bonds. The summed E-state index contributed by atoms with van der Waals surface area (Å²) in [4.78, 5) is 26.1. The largest absolute Gasteiger partial charge is 0.478 e. The molecule has 0 aliphatic heterocycles. The number of carbonyl (C=O) groups excluding carboxylic acids is 1. The number of hydrogen-bond donors (Lipinski definition) is 2. The van der Waals surface area contributed by atoms with Crippen LogP contribution in [-0.4, -0.2) is 22.0 Å². The summed E-state index contributed by atoms with van der Waals surface area (Å²) in [6.07, 6.45) is 4.02. The molecule has 20 heavy (non-hydrogen) atoms. The van der Waals surface area contributed by atoms with Crippen molar-refractivity contribution in [1.82, 2.24) is 4.98 Å². The first-order chi connectivity index (χ1) is 9.54. The van der Waals surface area contributed by atoms with Gasteiger partial charge in [-0.3, -0.25) is 4.79 Å². The Labute approximate surface area is 114 Å². The zero-order chi connectivity index (χ0) is 14.5. The maximum atomic E-state index is 11.6. The molecule has 2 aromatic heterocycles. The number of carbonyl (C=O) groups is 2. The second-order valence-electron chi connectivity index (χ2n) is 4.01. The number of carboxylic acid groups (broad SMARTS) is 1. The van der Waals surface area contributed by atoms with Crippen molar-refractivity contribution in [3.8, 4) is 0 Å². The van der Waals surface area contributed by atoms with Crippen molar-refractivity contribution in [2.45, 2.75) is 6.92 Å². The molecule has 0 aliphatic carbocycles. The van der Waals surface area contributed by atoms with Crippen LogP contribution in [0.2, 0.25) is 0 Å². The van der Waals surface area contributed by atoms with E-state index < -0.39 is 5.97 Å². The third-order valence-electron chi connectivity index (χ3n) is 2.42. The van der Waals surface area contributed by atoms with Crippen LogP contribution < -0.4 is 5.32 Å². The number of aromatic carboxylic acids is 1. The standard InChI is InChI=1S/C14H12N2O4/c1-9-2-4-11(20-9)5-7-13(17)16-12-6-3-10(8-15-12)14(18)19/h2-8H,1H3,(H,18,19)(H,15,16,17). The maximum Gasteiger partial charge on any atom is 0.337 e. The van der Waals surface area contributed by atoms with Gasteiger partial charge in [-0.1, -0.05) is 0 Å². The molecule has 2 aromatic rings. The second kappa shape index (κ2) is 5.83. The molecule has 0 radical (unpaired) electrons. The molecule has 0 spiro atoms. The molecule has 0 aromatic carbocycles. The molecule has 2 N–H and O–H groups in total. The summed E-state index contributed by atoms with van der Waals surface area (Å²) in [5.41, 5.74) is 0.0598. The van der Waals surface area contributed by atoms with Gasteiger partial charge in [0.1, 0.15) is 17.3 Å². The Kier molecular flexibility index (Phi) is 3.95. The molecule has 0 fully saturated rings. The van der Waals surface area contributed by atoms with Crippen LogP contribution in [0.15, 0.2) is 41.0 Å². The Morgan fingerprint density at radius 3 is 2.65 bits per heavy atom. The topological polar surface area (TPSA) is 92.4 Å². The lowest BCUT2D eigenvalue weighted by Crippen LogP contribution is -2.09. The summed E-state index contributed by atoms with van der Waals surface area (Å²) in [6.45, 7) is 1.81. The predicted molar refractivity (Wildman–Crippen MR) is 72.3 cm³/mol. The van der Waals surface area contributed by atoms with Crippen molar-refractivity contribution in [3.63, 3.8) is 0 Å². The molecule has 0 bridgehead atoms. The Bertz CT molecular complexity index is 656. The lowest BCUT2D eigenvalue weighted by atomic mass is 10.3. The van der Waals surface area contributed by atoms with E-state index in [0.29, 0.717) is 5.76 Å². The van der Waals surface area contributed by atoms with Gasteiger partial charge in [-0.25, -0.2) is 9.78 Å². The molecule has 102 valence electrons. The van der Waals surface area contributed by atoms with Gasteiger partial charge in [-0.15, -0.1) is 0 Å². The second-order valence-corrected chi connectivity index (χ2v) is 4.01. The van der Waals surface area contributed by atoms with Crippen molar-refractivity contribution in [3.05, 3.63) is 53.6 Å². The fourth-order valence-electron chi connectivity index (χ4n) is 1.46. The monoisotopic (exact) mass is 272 g/mol. The molecule has 2 rings (SSSR count). The highest BCUT2D eigenvalue weighted by Gasteiger charge is 2.04. The quantitative estimate of drug-likeness (QED) is 0.833. The zero-order valence-electron chi connectivity index (χ0n) is 10.7. The zero-order valence-corrected chi connectivity index (χ0v) is 10.7. The van der Waals surface area contributed by atoms with Crippen LogP contribution in [0.1, 0.15) is 21.9 Å². The van der Waals surface area contributed by atoms with Crippen LogP contribution >= 0.6 is 0 Å². The molecule has 0 aliphatic rings. The predicted octanol–water partition coefficient (Wildman–Crippen LogP) is 2.33. The van der Waals surface area contributed by atoms with Crippen molar-refractivity contribution in [2.24, 2.45) is 0 Å². The average Bonchev–Trinajstić information content (AvgIpc) is 2.83. The minimum Gasteiger partial charge on any atom is -0.478 e. The van der Waals surface area contributed by atoms with Gasteiger partial charge in [-0.2, -0.15) is 0 Å². The van der Waals surface area contributed by atoms with Crippen LogP contribution in [-0.2, 0) is 4.79 Å². The molecule has 0 atom stereocenters. The summed E-state index contributed by atoms with van der Waals surface area (Å²) in [7, 11) is 0. The van der Waals surface area contributed by atoms with Crippen LogP contribution in [0.25, 0.3) is 6.08 Å². The molecule has 6 heteroatoms. The number of rotatable bonds is 4. The summed E-state index contributed by atoms with van der Waals surface area (Å²) in [5.74, 6) is 0.168. The summed E-state index contributed by atoms with van der Waals surface area (Å²) < 4.78 is 5.28. The number of nitrogens with one attached hydrogen (secondary N) is 1. The van der Waals surface area contributed by atoms with Crippen molar-refractivity contribution in [1.29, 1.82) is 0 Å². The number of furan rings is 1. The van der Waals surface area contributed by atoms with E-state index in [1.807, 2.05) is 6.92 Å². The van der Waals surface area contributed by atoms with Gasteiger partial charge in [0.25, 0.3) is 0 Å². The van der Waals surface area contributed by atoms with E-state index in [1.54, 1.807) is 12.1 Å². The average molecular weight is 272 g/mol. The number of nitrogens with zero attached hydrogens (tertiary/aromatic N) is 1. The van der Waals surface area contributed by atoms with E-state index in [1.165, 1.54) is 30.5 Å². The summed E-state index contributed by atoms with van der Waals surface area (Å²) in [6, 6.07) is 6.33. The Balaban J connectivity index is 1.97. The Morgan fingerprint density at radius 1 is 1.30 bits per heavy atom. The first-order valence-corrected chi connectivity index (χ1v) is 5.79. The van der Waals surface area contributed by atoms with E-state index in [4.69, 9.17) is 9.52 Å². The van der Waals surface area contributed by atoms with Gasteiger partial charge in [0.05, 0.1) is 5.56 Å². The first kappa shape index (κ1) is 13.5.